The summed E-state index contributed by atoms with van der Waals surface area (Å²) < 4.78 is 11.8. The summed E-state index contributed by atoms with van der Waals surface area (Å²) in [7, 11) is 0. The van der Waals surface area contributed by atoms with E-state index in [1.807, 2.05) is 20.8 Å². The number of hydrogen-bond acceptors (Lipinski definition) is 4. The zero-order chi connectivity index (χ0) is 19.5. The molecule has 5 nitrogen and oxygen atoms in total. The van der Waals surface area contributed by atoms with Crippen LogP contribution in [0.3, 0.4) is 0 Å². The van der Waals surface area contributed by atoms with Crippen LogP contribution in [0.4, 0.5) is 0 Å². The molecule has 5 heteroatoms. The molecule has 1 amide bonds. The second-order valence-electron chi connectivity index (χ2n) is 8.40. The first-order valence-electron chi connectivity index (χ1n) is 10.3. The maximum absolute atomic E-state index is 12.6. The molecular weight excluding hydrogens is 340 g/mol. The first-order chi connectivity index (χ1) is 12.9. The maximum atomic E-state index is 12.6. The summed E-state index contributed by atoms with van der Waals surface area (Å²) in [5.41, 5.74) is 7.93. The van der Waals surface area contributed by atoms with Gasteiger partial charge in [-0.25, -0.2) is 0 Å². The van der Waals surface area contributed by atoms with Crippen LogP contribution in [-0.4, -0.2) is 37.3 Å². The number of rotatable bonds is 8. The largest absolute Gasteiger partial charge is 0.378 e. The molecule has 1 fully saturated rings. The third kappa shape index (κ3) is 3.91. The molecule has 0 aromatic heterocycles. The lowest BCUT2D eigenvalue weighted by Gasteiger charge is -2.57. The van der Waals surface area contributed by atoms with E-state index in [4.69, 9.17) is 15.2 Å². The lowest BCUT2D eigenvalue weighted by atomic mass is 9.54. The average molecular weight is 375 g/mol. The summed E-state index contributed by atoms with van der Waals surface area (Å²) in [6.45, 7) is 7.87. The first-order valence-corrected chi connectivity index (χ1v) is 10.3. The van der Waals surface area contributed by atoms with E-state index in [0.717, 1.165) is 19.3 Å². The van der Waals surface area contributed by atoms with Crippen molar-refractivity contribution in [2.24, 2.45) is 11.1 Å². The number of ether oxygens (including phenoxy) is 2. The number of benzene rings is 1. The summed E-state index contributed by atoms with van der Waals surface area (Å²) >= 11 is 0. The Balaban J connectivity index is 1.41. The van der Waals surface area contributed by atoms with Gasteiger partial charge in [-0.1, -0.05) is 38.1 Å². The number of carbonyl (C=O) groups excluding carboxylic acids is 1. The van der Waals surface area contributed by atoms with Gasteiger partial charge in [0.15, 0.2) is 0 Å². The fourth-order valence-corrected chi connectivity index (χ4v) is 4.36. The predicted octanol–water partition coefficient (Wildman–Crippen LogP) is 3.12. The summed E-state index contributed by atoms with van der Waals surface area (Å²) in [4.78, 5) is 12.6. The summed E-state index contributed by atoms with van der Waals surface area (Å²) in [6, 6.07) is 8.54. The Morgan fingerprint density at radius 1 is 1.30 bits per heavy atom. The molecule has 1 aromatic carbocycles. The molecule has 150 valence electrons. The topological polar surface area (TPSA) is 73.6 Å². The van der Waals surface area contributed by atoms with Gasteiger partial charge in [0.25, 0.3) is 0 Å². The van der Waals surface area contributed by atoms with Crippen molar-refractivity contribution in [2.45, 2.75) is 70.6 Å². The number of hydrogen-bond donors (Lipinski definition) is 2. The molecule has 2 aliphatic rings. The molecule has 0 radical (unpaired) electrons. The quantitative estimate of drug-likeness (QED) is 0.686. The van der Waals surface area contributed by atoms with Gasteiger partial charge in [0, 0.05) is 31.6 Å². The monoisotopic (exact) mass is 374 g/mol. The summed E-state index contributed by atoms with van der Waals surface area (Å²) in [5.74, 6) is -0.0773. The van der Waals surface area contributed by atoms with Crippen molar-refractivity contribution < 1.29 is 14.3 Å². The minimum absolute atomic E-state index is 0.0490. The SMILES string of the molecule is CCOC1CC(N)(C(=O)NCCCOC2CCCc3ccccc32)C1(C)C. The molecule has 3 N–H and O–H groups in total. The number of aryl methyl sites for hydroxylation is 1. The molecule has 0 saturated heterocycles. The van der Waals surface area contributed by atoms with E-state index in [-0.39, 0.29) is 23.5 Å². The third-order valence-electron chi connectivity index (χ3n) is 6.48. The fourth-order valence-electron chi connectivity index (χ4n) is 4.36. The van der Waals surface area contributed by atoms with Gasteiger partial charge in [-0.15, -0.1) is 0 Å². The number of carbonyl (C=O) groups is 1. The van der Waals surface area contributed by atoms with E-state index < -0.39 is 5.54 Å². The van der Waals surface area contributed by atoms with Crippen molar-refractivity contribution in [2.75, 3.05) is 19.8 Å². The molecule has 0 heterocycles. The minimum Gasteiger partial charge on any atom is -0.378 e. The maximum Gasteiger partial charge on any atom is 0.240 e. The third-order valence-corrected chi connectivity index (χ3v) is 6.48. The van der Waals surface area contributed by atoms with Crippen LogP contribution in [0.5, 0.6) is 0 Å². The average Bonchev–Trinajstić information content (AvgIpc) is 2.67. The van der Waals surface area contributed by atoms with Gasteiger partial charge in [0.05, 0.1) is 12.2 Å². The van der Waals surface area contributed by atoms with Crippen LogP contribution >= 0.6 is 0 Å². The van der Waals surface area contributed by atoms with Crippen molar-refractivity contribution >= 4 is 5.91 Å². The molecule has 1 aromatic rings. The Morgan fingerprint density at radius 2 is 2.07 bits per heavy atom. The molecule has 3 unspecified atom stereocenters. The molecule has 3 atom stereocenters. The Kier molecular flexibility index (Phi) is 6.24. The standard InChI is InChI=1S/C22H34N2O3/c1-4-26-19-15-22(23,21(19,2)3)20(25)24-13-8-14-27-18-12-7-10-16-9-5-6-11-17(16)18/h5-6,9,11,18-19H,4,7-8,10,12-15,23H2,1-3H3,(H,24,25). The van der Waals surface area contributed by atoms with E-state index in [1.165, 1.54) is 17.5 Å². The lowest BCUT2D eigenvalue weighted by Crippen LogP contribution is -2.75. The molecule has 1 saturated carbocycles. The van der Waals surface area contributed by atoms with Gasteiger partial charge in [-0.05, 0) is 43.7 Å². The molecule has 3 rings (SSSR count). The van der Waals surface area contributed by atoms with Crippen LogP contribution in [-0.2, 0) is 20.7 Å². The van der Waals surface area contributed by atoms with Crippen molar-refractivity contribution in [1.29, 1.82) is 0 Å². The highest BCUT2D eigenvalue weighted by atomic mass is 16.5. The lowest BCUT2D eigenvalue weighted by molar-refractivity contribution is -0.170. The summed E-state index contributed by atoms with van der Waals surface area (Å²) in [6.07, 6.45) is 4.98. The number of nitrogens with two attached hydrogens (primary N) is 1. The first kappa shape index (κ1) is 20.3. The highest BCUT2D eigenvalue weighted by molar-refractivity contribution is 5.88. The van der Waals surface area contributed by atoms with Crippen LogP contribution < -0.4 is 11.1 Å². The van der Waals surface area contributed by atoms with Crippen LogP contribution in [0.15, 0.2) is 24.3 Å². The smallest absolute Gasteiger partial charge is 0.240 e. The number of amides is 1. The Hall–Kier alpha value is -1.43. The molecule has 2 aliphatic carbocycles. The molecule has 27 heavy (non-hydrogen) atoms. The van der Waals surface area contributed by atoms with E-state index in [9.17, 15) is 4.79 Å². The fraction of sp³-hybridized carbons (Fsp3) is 0.682. The van der Waals surface area contributed by atoms with Crippen LogP contribution in [0.2, 0.25) is 0 Å². The second-order valence-corrected chi connectivity index (χ2v) is 8.40. The van der Waals surface area contributed by atoms with Gasteiger partial charge in [-0.2, -0.15) is 0 Å². The Labute approximate surface area is 163 Å². The van der Waals surface area contributed by atoms with Crippen molar-refractivity contribution in [3.8, 4) is 0 Å². The molecule has 0 aliphatic heterocycles. The van der Waals surface area contributed by atoms with E-state index >= 15 is 0 Å². The van der Waals surface area contributed by atoms with Crippen molar-refractivity contribution in [3.63, 3.8) is 0 Å². The predicted molar refractivity (Wildman–Crippen MR) is 106 cm³/mol. The highest BCUT2D eigenvalue weighted by Crippen LogP contribution is 2.49. The number of fused-ring (bicyclic) bond motifs is 1. The second kappa shape index (κ2) is 8.29. The zero-order valence-electron chi connectivity index (χ0n) is 16.9. The van der Waals surface area contributed by atoms with Crippen molar-refractivity contribution in [3.05, 3.63) is 35.4 Å². The Morgan fingerprint density at radius 3 is 2.81 bits per heavy atom. The molecule has 0 spiro atoms. The van der Waals surface area contributed by atoms with E-state index in [2.05, 4.69) is 29.6 Å². The van der Waals surface area contributed by atoms with Gasteiger partial charge < -0.3 is 20.5 Å². The normalized spacial score (nSPS) is 28.9. The van der Waals surface area contributed by atoms with Gasteiger partial charge in [0.1, 0.15) is 5.54 Å². The summed E-state index contributed by atoms with van der Waals surface area (Å²) in [5, 5.41) is 3.00. The highest BCUT2D eigenvalue weighted by Gasteiger charge is 2.62. The number of nitrogens with one attached hydrogen (secondary N) is 1. The van der Waals surface area contributed by atoms with Crippen LogP contribution in [0.1, 0.15) is 63.7 Å². The van der Waals surface area contributed by atoms with Crippen LogP contribution in [0.25, 0.3) is 0 Å². The van der Waals surface area contributed by atoms with Gasteiger partial charge >= 0.3 is 0 Å². The van der Waals surface area contributed by atoms with Gasteiger partial charge in [-0.3, -0.25) is 4.79 Å². The molecular formula is C22H34N2O3. The van der Waals surface area contributed by atoms with Crippen LogP contribution in [0, 0.1) is 5.41 Å². The Bertz CT molecular complexity index is 661. The van der Waals surface area contributed by atoms with E-state index in [0.29, 0.717) is 26.2 Å². The van der Waals surface area contributed by atoms with Crippen molar-refractivity contribution in [1.82, 2.24) is 5.32 Å². The van der Waals surface area contributed by atoms with Gasteiger partial charge in [0.2, 0.25) is 5.91 Å². The zero-order valence-corrected chi connectivity index (χ0v) is 16.9. The minimum atomic E-state index is -0.851. The molecule has 0 bridgehead atoms. The van der Waals surface area contributed by atoms with E-state index in [1.54, 1.807) is 0 Å².